The highest BCUT2D eigenvalue weighted by Gasteiger charge is 2.42. The van der Waals surface area contributed by atoms with Gasteiger partial charge in [-0.05, 0) is 18.9 Å². The molecular weight excluding hydrogens is 266 g/mol. The second-order valence-corrected chi connectivity index (χ2v) is 4.69. The van der Waals surface area contributed by atoms with Crippen molar-refractivity contribution in [3.8, 4) is 0 Å². The molecule has 3 nitrogen and oxygen atoms in total. The molecule has 0 radical (unpaired) electrons. The molecule has 1 aromatic rings. The summed E-state index contributed by atoms with van der Waals surface area (Å²) >= 11 is 0. The van der Waals surface area contributed by atoms with E-state index in [0.29, 0.717) is 18.9 Å². The van der Waals surface area contributed by atoms with Gasteiger partial charge in [0.2, 0.25) is 0 Å². The minimum absolute atomic E-state index is 0.0718. The molecule has 7 heteroatoms. The van der Waals surface area contributed by atoms with E-state index in [1.807, 2.05) is 0 Å². The van der Waals surface area contributed by atoms with Crippen molar-refractivity contribution < 1.29 is 27.5 Å². The molecule has 2 N–H and O–H groups in total. The molecular formula is C12H11F4NO2. The average Bonchev–Trinajstić information content (AvgIpc) is 3.18. The lowest BCUT2D eigenvalue weighted by Gasteiger charge is -2.13. The second kappa shape index (κ2) is 4.80. The van der Waals surface area contributed by atoms with Gasteiger partial charge in [-0.1, -0.05) is 0 Å². The predicted molar refractivity (Wildman–Crippen MR) is 57.4 cm³/mol. The molecule has 0 saturated heterocycles. The van der Waals surface area contributed by atoms with Gasteiger partial charge in [0, 0.05) is 12.0 Å². The minimum Gasteiger partial charge on any atom is -0.396 e. The number of nitrogens with one attached hydrogen (secondary N) is 1. The van der Waals surface area contributed by atoms with Crippen molar-refractivity contribution in [2.75, 3.05) is 13.2 Å². The molecule has 104 valence electrons. The van der Waals surface area contributed by atoms with Gasteiger partial charge >= 0.3 is 0 Å². The van der Waals surface area contributed by atoms with Crippen LogP contribution in [0, 0.1) is 28.7 Å². The first-order chi connectivity index (χ1) is 8.90. The molecule has 0 unspecified atom stereocenters. The zero-order valence-corrected chi connectivity index (χ0v) is 9.77. The Labute approximate surface area is 106 Å². The zero-order valence-electron chi connectivity index (χ0n) is 9.77. The van der Waals surface area contributed by atoms with Crippen molar-refractivity contribution in [1.29, 1.82) is 0 Å². The highest BCUT2D eigenvalue weighted by molar-refractivity contribution is 5.94. The summed E-state index contributed by atoms with van der Waals surface area (Å²) < 4.78 is 51.9. The Kier molecular flexibility index (Phi) is 3.49. The van der Waals surface area contributed by atoms with Gasteiger partial charge in [0.05, 0.1) is 12.2 Å². The summed E-state index contributed by atoms with van der Waals surface area (Å²) in [6.07, 6.45) is 1.41. The van der Waals surface area contributed by atoms with Crippen molar-refractivity contribution in [2.24, 2.45) is 5.41 Å². The summed E-state index contributed by atoms with van der Waals surface area (Å²) in [5.41, 5.74) is -1.33. The molecule has 0 atom stereocenters. The van der Waals surface area contributed by atoms with Gasteiger partial charge in [-0.3, -0.25) is 4.79 Å². The smallest absolute Gasteiger partial charge is 0.254 e. The normalized spacial score (nSPS) is 16.3. The molecule has 19 heavy (non-hydrogen) atoms. The van der Waals surface area contributed by atoms with Gasteiger partial charge in [0.1, 0.15) is 0 Å². The second-order valence-electron chi connectivity index (χ2n) is 4.69. The summed E-state index contributed by atoms with van der Waals surface area (Å²) in [5, 5.41) is 11.3. The molecule has 1 amide bonds. The maximum absolute atomic E-state index is 13.3. The number of aliphatic hydroxyl groups is 1. The van der Waals surface area contributed by atoms with Crippen LogP contribution in [0.5, 0.6) is 0 Å². The predicted octanol–water partition coefficient (Wildman–Crippen LogP) is 1.75. The van der Waals surface area contributed by atoms with Gasteiger partial charge < -0.3 is 10.4 Å². The van der Waals surface area contributed by atoms with Crippen LogP contribution >= 0.6 is 0 Å². The Morgan fingerprint density at radius 3 is 2.37 bits per heavy atom. The van der Waals surface area contributed by atoms with Crippen LogP contribution in [-0.2, 0) is 0 Å². The third-order valence-corrected chi connectivity index (χ3v) is 3.26. The number of carbonyl (C=O) groups excluding carboxylic acids is 1. The number of halogens is 4. The van der Waals surface area contributed by atoms with Crippen molar-refractivity contribution in [3.05, 3.63) is 34.9 Å². The van der Waals surface area contributed by atoms with E-state index in [4.69, 9.17) is 5.11 Å². The van der Waals surface area contributed by atoms with Gasteiger partial charge in [-0.15, -0.1) is 0 Å². The highest BCUT2D eigenvalue weighted by atomic mass is 19.2. The Morgan fingerprint density at radius 1 is 1.21 bits per heavy atom. The fraction of sp³-hybridized carbons (Fsp3) is 0.417. The van der Waals surface area contributed by atoms with Gasteiger partial charge in [-0.25, -0.2) is 17.6 Å². The lowest BCUT2D eigenvalue weighted by atomic mass is 10.1. The molecule has 0 spiro atoms. The van der Waals surface area contributed by atoms with E-state index in [1.165, 1.54) is 0 Å². The Bertz CT molecular complexity index is 529. The SMILES string of the molecule is O=C(NCC1(CO)CC1)c1cc(F)c(F)c(F)c1F. The van der Waals surface area contributed by atoms with Gasteiger partial charge in [-0.2, -0.15) is 0 Å². The topological polar surface area (TPSA) is 49.3 Å². The molecule has 1 aliphatic rings. The number of rotatable bonds is 4. The Balaban J connectivity index is 2.15. The van der Waals surface area contributed by atoms with Crippen LogP contribution in [0.15, 0.2) is 6.07 Å². The number of hydrogen-bond donors (Lipinski definition) is 2. The molecule has 1 aliphatic carbocycles. The van der Waals surface area contributed by atoms with Crippen LogP contribution < -0.4 is 5.32 Å². The van der Waals surface area contributed by atoms with Crippen LogP contribution in [0.1, 0.15) is 23.2 Å². The van der Waals surface area contributed by atoms with Crippen LogP contribution in [-0.4, -0.2) is 24.2 Å². The average molecular weight is 277 g/mol. The highest BCUT2D eigenvalue weighted by Crippen LogP contribution is 2.44. The van der Waals surface area contributed by atoms with E-state index in [9.17, 15) is 22.4 Å². The van der Waals surface area contributed by atoms with E-state index in [1.54, 1.807) is 0 Å². The molecule has 0 aromatic heterocycles. The summed E-state index contributed by atoms with van der Waals surface area (Å²) in [5.74, 6) is -8.39. The van der Waals surface area contributed by atoms with Crippen molar-refractivity contribution >= 4 is 5.91 Å². The fourth-order valence-corrected chi connectivity index (χ4v) is 1.67. The zero-order chi connectivity index (χ0) is 14.2. The van der Waals surface area contributed by atoms with E-state index in [-0.39, 0.29) is 13.2 Å². The third kappa shape index (κ3) is 2.56. The first kappa shape index (κ1) is 13.8. The lowest BCUT2D eigenvalue weighted by Crippen LogP contribution is -2.32. The number of carbonyl (C=O) groups is 1. The molecule has 0 bridgehead atoms. The maximum Gasteiger partial charge on any atom is 0.254 e. The number of aliphatic hydroxyl groups excluding tert-OH is 1. The summed E-state index contributed by atoms with van der Waals surface area (Å²) in [6, 6.07) is 0.307. The molecule has 0 heterocycles. The van der Waals surface area contributed by atoms with Crippen LogP contribution in [0.25, 0.3) is 0 Å². The van der Waals surface area contributed by atoms with E-state index in [0.717, 1.165) is 0 Å². The van der Waals surface area contributed by atoms with E-state index in [2.05, 4.69) is 5.32 Å². The van der Waals surface area contributed by atoms with Gasteiger partial charge in [0.15, 0.2) is 23.3 Å². The lowest BCUT2D eigenvalue weighted by molar-refractivity contribution is 0.0929. The van der Waals surface area contributed by atoms with Crippen molar-refractivity contribution in [1.82, 2.24) is 5.32 Å². The molecule has 1 aromatic carbocycles. The minimum atomic E-state index is -2.02. The monoisotopic (exact) mass is 277 g/mol. The Hall–Kier alpha value is -1.63. The maximum atomic E-state index is 13.3. The van der Waals surface area contributed by atoms with Crippen LogP contribution in [0.4, 0.5) is 17.6 Å². The van der Waals surface area contributed by atoms with Crippen LogP contribution in [0.2, 0.25) is 0 Å². The summed E-state index contributed by atoms with van der Waals surface area (Å²) in [6.45, 7) is -0.0652. The molecule has 2 rings (SSSR count). The van der Waals surface area contributed by atoms with Crippen molar-refractivity contribution in [2.45, 2.75) is 12.8 Å². The number of amides is 1. The summed E-state index contributed by atoms with van der Waals surface area (Å²) in [4.78, 5) is 11.6. The standard InChI is InChI=1S/C12H11F4NO2/c13-7-3-6(8(14)10(16)9(7)15)11(19)17-4-12(5-18)1-2-12/h3,18H,1-2,4-5H2,(H,17,19). The first-order valence-electron chi connectivity index (χ1n) is 5.62. The van der Waals surface area contributed by atoms with E-state index >= 15 is 0 Å². The van der Waals surface area contributed by atoms with Crippen molar-refractivity contribution in [3.63, 3.8) is 0 Å². The number of hydrogen-bond acceptors (Lipinski definition) is 2. The third-order valence-electron chi connectivity index (χ3n) is 3.26. The molecule has 1 fully saturated rings. The van der Waals surface area contributed by atoms with E-state index < -0.39 is 40.2 Å². The number of benzene rings is 1. The molecule has 1 saturated carbocycles. The quantitative estimate of drug-likeness (QED) is 0.500. The Morgan fingerprint density at radius 2 is 1.84 bits per heavy atom. The molecule has 0 aliphatic heterocycles. The summed E-state index contributed by atoms with van der Waals surface area (Å²) in [7, 11) is 0. The fourth-order valence-electron chi connectivity index (χ4n) is 1.67. The largest absolute Gasteiger partial charge is 0.396 e. The van der Waals surface area contributed by atoms with Gasteiger partial charge in [0.25, 0.3) is 5.91 Å². The van der Waals surface area contributed by atoms with Crippen LogP contribution in [0.3, 0.4) is 0 Å². The first-order valence-corrected chi connectivity index (χ1v) is 5.62.